The molecule has 0 atom stereocenters. The minimum atomic E-state index is -0.484. The van der Waals surface area contributed by atoms with Crippen LogP contribution >= 0.6 is 0 Å². The number of carbonyl (C=O) groups is 1. The Morgan fingerprint density at radius 1 is 1.29 bits per heavy atom. The molecule has 2 heterocycles. The van der Waals surface area contributed by atoms with Gasteiger partial charge in [-0.15, -0.1) is 0 Å². The van der Waals surface area contributed by atoms with Crippen molar-refractivity contribution in [2.24, 2.45) is 5.90 Å². The Morgan fingerprint density at radius 3 is 2.96 bits per heavy atom. The van der Waals surface area contributed by atoms with E-state index in [9.17, 15) is 4.79 Å². The van der Waals surface area contributed by atoms with E-state index < -0.39 is 5.97 Å². The fourth-order valence-corrected chi connectivity index (χ4v) is 2.53. The third kappa shape index (κ3) is 3.36. The van der Waals surface area contributed by atoms with Gasteiger partial charge in [-0.25, -0.2) is 9.97 Å². The van der Waals surface area contributed by atoms with Gasteiger partial charge in [0.05, 0.1) is 11.9 Å². The van der Waals surface area contributed by atoms with E-state index in [1.165, 1.54) is 6.33 Å². The van der Waals surface area contributed by atoms with Crippen LogP contribution in [0.4, 0.5) is 0 Å². The van der Waals surface area contributed by atoms with Crippen LogP contribution in [0.1, 0.15) is 19.0 Å². The third-order valence-electron chi connectivity index (χ3n) is 3.74. The molecule has 0 radical (unpaired) electrons. The molecule has 3 aromatic rings. The van der Waals surface area contributed by atoms with Crippen LogP contribution in [0.25, 0.3) is 10.9 Å². The van der Waals surface area contributed by atoms with E-state index in [0.29, 0.717) is 18.0 Å². The molecule has 2 N–H and O–H groups in total. The summed E-state index contributed by atoms with van der Waals surface area (Å²) in [6.45, 7) is 2.98. The molecule has 2 aromatic heterocycles. The molecule has 124 valence electrons. The molecule has 0 aliphatic heterocycles. The van der Waals surface area contributed by atoms with Gasteiger partial charge in [0.2, 0.25) is 5.88 Å². The lowest BCUT2D eigenvalue weighted by Gasteiger charge is -2.08. The van der Waals surface area contributed by atoms with E-state index in [1.807, 2.05) is 24.4 Å². The lowest BCUT2D eigenvalue weighted by atomic mass is 10.2. The zero-order valence-corrected chi connectivity index (χ0v) is 13.3. The zero-order chi connectivity index (χ0) is 16.9. The lowest BCUT2D eigenvalue weighted by Crippen LogP contribution is -2.10. The van der Waals surface area contributed by atoms with Gasteiger partial charge in [-0.05, 0) is 25.1 Å². The molecule has 1 aromatic carbocycles. The van der Waals surface area contributed by atoms with Crippen molar-refractivity contribution in [1.82, 2.24) is 14.5 Å². The molecule has 0 spiro atoms. The van der Waals surface area contributed by atoms with Crippen LogP contribution in [0.3, 0.4) is 0 Å². The summed E-state index contributed by atoms with van der Waals surface area (Å²) in [5, 5.41) is 1.02. The second-order valence-corrected chi connectivity index (χ2v) is 5.23. The number of carbonyl (C=O) groups excluding carboxylic acids is 1. The highest BCUT2D eigenvalue weighted by Crippen LogP contribution is 2.30. The maximum atomic E-state index is 11.1. The summed E-state index contributed by atoms with van der Waals surface area (Å²) in [6, 6.07) is 9.63. The highest BCUT2D eigenvalue weighted by Gasteiger charge is 2.09. The fourth-order valence-electron chi connectivity index (χ4n) is 2.53. The first-order valence-corrected chi connectivity index (χ1v) is 7.67. The summed E-state index contributed by atoms with van der Waals surface area (Å²) in [6.07, 6.45) is 4.00. The maximum Gasteiger partial charge on any atom is 0.324 e. The van der Waals surface area contributed by atoms with E-state index in [0.717, 1.165) is 23.2 Å². The number of aryl methyl sites for hydroxylation is 2. The molecule has 0 fully saturated rings. The van der Waals surface area contributed by atoms with Crippen molar-refractivity contribution in [2.45, 2.75) is 26.3 Å². The molecule has 24 heavy (non-hydrogen) atoms. The number of benzene rings is 1. The van der Waals surface area contributed by atoms with Crippen molar-refractivity contribution < 1.29 is 14.4 Å². The highest BCUT2D eigenvalue weighted by molar-refractivity contribution is 5.86. The van der Waals surface area contributed by atoms with Crippen molar-refractivity contribution in [1.29, 1.82) is 0 Å². The predicted molar refractivity (Wildman–Crippen MR) is 88.3 cm³/mol. The predicted octanol–water partition coefficient (Wildman–Crippen LogP) is 2.59. The van der Waals surface area contributed by atoms with Crippen LogP contribution < -0.4 is 10.6 Å². The Bertz CT molecular complexity index is 860. The van der Waals surface area contributed by atoms with E-state index in [1.54, 1.807) is 6.07 Å². The van der Waals surface area contributed by atoms with Crippen molar-refractivity contribution in [3.05, 3.63) is 48.5 Å². The largest absolute Gasteiger partial charge is 0.438 e. The molecule has 0 saturated carbocycles. The number of aromatic nitrogens is 3. The number of ether oxygens (including phenoxy) is 1. The summed E-state index contributed by atoms with van der Waals surface area (Å²) in [4.78, 5) is 23.5. The SMILES string of the molecule is CCn1ccc2c(Oc3cc(CCC(=O)ON)ncn3)cccc21. The first-order chi connectivity index (χ1) is 11.7. The monoisotopic (exact) mass is 326 g/mol. The molecular formula is C17H18N4O3. The molecule has 0 aliphatic rings. The van der Waals surface area contributed by atoms with Gasteiger partial charge < -0.3 is 14.1 Å². The molecule has 0 aliphatic carbocycles. The molecular weight excluding hydrogens is 308 g/mol. The number of rotatable bonds is 6. The van der Waals surface area contributed by atoms with E-state index in [2.05, 4.69) is 32.4 Å². The van der Waals surface area contributed by atoms with Crippen molar-refractivity contribution in [2.75, 3.05) is 0 Å². The Balaban J connectivity index is 1.81. The zero-order valence-electron chi connectivity index (χ0n) is 13.3. The summed E-state index contributed by atoms with van der Waals surface area (Å²) in [5.41, 5.74) is 1.79. The molecule has 3 rings (SSSR count). The smallest absolute Gasteiger partial charge is 0.324 e. The highest BCUT2D eigenvalue weighted by atomic mass is 16.7. The number of hydrogen-bond donors (Lipinski definition) is 1. The van der Waals surface area contributed by atoms with Gasteiger partial charge in [-0.2, -0.15) is 5.90 Å². The first kappa shape index (κ1) is 15.9. The summed E-state index contributed by atoms with van der Waals surface area (Å²) >= 11 is 0. The van der Waals surface area contributed by atoms with Crippen LogP contribution in [-0.2, 0) is 22.6 Å². The second kappa shape index (κ2) is 7.10. The van der Waals surface area contributed by atoms with Crippen LogP contribution in [0.5, 0.6) is 11.6 Å². The molecule has 7 nitrogen and oxygen atoms in total. The second-order valence-electron chi connectivity index (χ2n) is 5.23. The molecule has 7 heteroatoms. The van der Waals surface area contributed by atoms with Crippen LogP contribution in [0.2, 0.25) is 0 Å². The Labute approximate surface area is 139 Å². The van der Waals surface area contributed by atoms with Gasteiger partial charge in [0.1, 0.15) is 12.1 Å². The van der Waals surface area contributed by atoms with E-state index in [4.69, 9.17) is 10.6 Å². The topological polar surface area (TPSA) is 92.3 Å². The minimum Gasteiger partial charge on any atom is -0.438 e. The molecule has 0 unspecified atom stereocenters. The maximum absolute atomic E-state index is 11.1. The van der Waals surface area contributed by atoms with Crippen LogP contribution in [-0.4, -0.2) is 20.5 Å². The first-order valence-electron chi connectivity index (χ1n) is 7.67. The third-order valence-corrected chi connectivity index (χ3v) is 3.74. The average molecular weight is 326 g/mol. The van der Waals surface area contributed by atoms with Gasteiger partial charge in [0.15, 0.2) is 0 Å². The van der Waals surface area contributed by atoms with Gasteiger partial charge in [0, 0.05) is 36.3 Å². The Morgan fingerprint density at radius 2 is 2.17 bits per heavy atom. The van der Waals surface area contributed by atoms with Gasteiger partial charge in [-0.1, -0.05) is 6.07 Å². The van der Waals surface area contributed by atoms with Gasteiger partial charge in [-0.3, -0.25) is 4.79 Å². The molecule has 0 bridgehead atoms. The van der Waals surface area contributed by atoms with Crippen molar-refractivity contribution in [3.8, 4) is 11.6 Å². The number of hydrogen-bond acceptors (Lipinski definition) is 6. The number of fused-ring (bicyclic) bond motifs is 1. The normalized spacial score (nSPS) is 10.8. The Hall–Kier alpha value is -2.93. The van der Waals surface area contributed by atoms with Crippen LogP contribution in [0, 0.1) is 0 Å². The fraction of sp³-hybridized carbons (Fsp3) is 0.235. The minimum absolute atomic E-state index is 0.155. The van der Waals surface area contributed by atoms with Gasteiger partial charge >= 0.3 is 5.97 Å². The van der Waals surface area contributed by atoms with Crippen molar-refractivity contribution in [3.63, 3.8) is 0 Å². The summed E-state index contributed by atoms with van der Waals surface area (Å²) in [5.74, 6) is 5.50. The Kier molecular flexibility index (Phi) is 4.72. The number of nitrogens with two attached hydrogens (primary N) is 1. The lowest BCUT2D eigenvalue weighted by molar-refractivity contribution is -0.144. The van der Waals surface area contributed by atoms with Crippen LogP contribution in [0.15, 0.2) is 42.9 Å². The quantitative estimate of drug-likeness (QED) is 0.700. The standard InChI is InChI=1S/C17H18N4O3/c1-2-21-9-8-13-14(21)4-3-5-15(13)23-16-10-12(19-11-20-16)6-7-17(22)24-18/h3-5,8-11H,2,6-7,18H2,1H3. The average Bonchev–Trinajstić information content (AvgIpc) is 3.04. The summed E-state index contributed by atoms with van der Waals surface area (Å²) in [7, 11) is 0. The summed E-state index contributed by atoms with van der Waals surface area (Å²) < 4.78 is 8.06. The van der Waals surface area contributed by atoms with E-state index >= 15 is 0 Å². The van der Waals surface area contributed by atoms with Crippen molar-refractivity contribution >= 4 is 16.9 Å². The molecule has 0 saturated heterocycles. The number of nitrogens with zero attached hydrogens (tertiary/aromatic N) is 3. The van der Waals surface area contributed by atoms with E-state index in [-0.39, 0.29) is 6.42 Å². The van der Waals surface area contributed by atoms with Gasteiger partial charge in [0.25, 0.3) is 0 Å². The molecule has 0 amide bonds.